The molecule has 0 aromatic heterocycles. The Kier molecular flexibility index (Phi) is 19.5. The molecular weight excluding hydrogens is 472 g/mol. The van der Waals surface area contributed by atoms with E-state index in [9.17, 15) is 0 Å². The Hall–Kier alpha value is -0.0400. The Labute approximate surface area is 247 Å². The summed E-state index contributed by atoms with van der Waals surface area (Å²) in [5.74, 6) is 1.59. The van der Waals surface area contributed by atoms with Gasteiger partial charge < -0.3 is 4.74 Å². The van der Waals surface area contributed by atoms with Crippen LogP contribution in [0.15, 0.2) is 0 Å². The minimum absolute atomic E-state index is 0.263. The van der Waals surface area contributed by atoms with Crippen LogP contribution in [0.1, 0.15) is 220 Å². The molecule has 2 aliphatic carbocycles. The molecule has 0 radical (unpaired) electrons. The second-order valence-electron chi connectivity index (χ2n) is 14.4. The summed E-state index contributed by atoms with van der Waals surface area (Å²) in [6, 6.07) is 0. The van der Waals surface area contributed by atoms with Crippen molar-refractivity contribution in [3.63, 3.8) is 0 Å². The van der Waals surface area contributed by atoms with E-state index in [0.717, 1.165) is 11.8 Å². The lowest BCUT2D eigenvalue weighted by atomic mass is 10.0. The number of unbranched alkanes of at least 4 members (excludes halogenated alkanes) is 24. The Bertz CT molecular complexity index is 509. The lowest BCUT2D eigenvalue weighted by Gasteiger charge is -2.27. The minimum Gasteiger partial charge on any atom is -0.368 e. The van der Waals surface area contributed by atoms with E-state index < -0.39 is 0 Å². The van der Waals surface area contributed by atoms with E-state index in [0.29, 0.717) is 0 Å². The van der Waals surface area contributed by atoms with Crippen LogP contribution in [0, 0.1) is 11.8 Å². The molecular formula is C38H74O. The summed E-state index contributed by atoms with van der Waals surface area (Å²) >= 11 is 0. The first-order valence-corrected chi connectivity index (χ1v) is 18.8. The highest BCUT2D eigenvalue weighted by molar-refractivity contribution is 5.11. The van der Waals surface area contributed by atoms with Gasteiger partial charge in [-0.15, -0.1) is 0 Å². The predicted octanol–water partition coefficient (Wildman–Crippen LogP) is 13.5. The Morgan fingerprint density at radius 1 is 0.385 bits per heavy atom. The third-order valence-corrected chi connectivity index (χ3v) is 10.6. The summed E-state index contributed by atoms with van der Waals surface area (Å²) < 4.78 is 7.09. The van der Waals surface area contributed by atoms with Crippen LogP contribution in [0.5, 0.6) is 0 Å². The van der Waals surface area contributed by atoms with Gasteiger partial charge in [0.05, 0.1) is 11.2 Å². The van der Waals surface area contributed by atoms with Gasteiger partial charge >= 0.3 is 0 Å². The zero-order valence-electron chi connectivity index (χ0n) is 27.8. The fraction of sp³-hybridized carbons (Fsp3) is 1.00. The van der Waals surface area contributed by atoms with E-state index in [2.05, 4.69) is 27.7 Å². The van der Waals surface area contributed by atoms with Crippen molar-refractivity contribution in [2.75, 3.05) is 0 Å². The summed E-state index contributed by atoms with van der Waals surface area (Å²) in [6.07, 6.45) is 42.9. The van der Waals surface area contributed by atoms with Crippen molar-refractivity contribution >= 4 is 0 Å². The molecule has 232 valence electrons. The molecule has 1 nitrogen and oxygen atoms in total. The van der Waals surface area contributed by atoms with Gasteiger partial charge in [-0.25, -0.2) is 0 Å². The van der Waals surface area contributed by atoms with E-state index in [4.69, 9.17) is 4.74 Å². The van der Waals surface area contributed by atoms with Crippen molar-refractivity contribution in [1.82, 2.24) is 0 Å². The number of rotatable bonds is 30. The molecule has 1 heteroatoms. The van der Waals surface area contributed by atoms with Crippen molar-refractivity contribution < 1.29 is 4.74 Å². The maximum atomic E-state index is 7.09. The summed E-state index contributed by atoms with van der Waals surface area (Å²) in [5.41, 5.74) is 0.526. The van der Waals surface area contributed by atoms with E-state index in [1.54, 1.807) is 0 Å². The molecule has 0 saturated heterocycles. The monoisotopic (exact) mass is 547 g/mol. The molecule has 0 spiro atoms. The van der Waals surface area contributed by atoms with Gasteiger partial charge in [0.15, 0.2) is 0 Å². The van der Waals surface area contributed by atoms with Gasteiger partial charge in [-0.2, -0.15) is 0 Å². The van der Waals surface area contributed by atoms with Crippen molar-refractivity contribution in [1.29, 1.82) is 0 Å². The van der Waals surface area contributed by atoms with E-state index in [-0.39, 0.29) is 11.2 Å². The molecule has 4 unspecified atom stereocenters. The summed E-state index contributed by atoms with van der Waals surface area (Å²) in [5, 5.41) is 0. The molecule has 2 aliphatic rings. The molecule has 39 heavy (non-hydrogen) atoms. The SMILES string of the molecule is CCCCCCCCCCCCCCCC1(OC2(CCCCCCCCCCCCCCC)CC2C)CC1C. The number of hydrogen-bond donors (Lipinski definition) is 0. The zero-order chi connectivity index (χ0) is 28.1. The molecule has 0 aliphatic heterocycles. The van der Waals surface area contributed by atoms with Crippen LogP contribution in [0.3, 0.4) is 0 Å². The summed E-state index contributed by atoms with van der Waals surface area (Å²) in [4.78, 5) is 0. The van der Waals surface area contributed by atoms with Crippen LogP contribution >= 0.6 is 0 Å². The van der Waals surface area contributed by atoms with Crippen LogP contribution in [0.2, 0.25) is 0 Å². The number of hydrogen-bond acceptors (Lipinski definition) is 1. The van der Waals surface area contributed by atoms with Gasteiger partial charge in [0.2, 0.25) is 0 Å². The first kappa shape index (κ1) is 35.2. The quantitative estimate of drug-likeness (QED) is 0.0814. The largest absolute Gasteiger partial charge is 0.368 e. The standard InChI is InChI=1S/C38H74O/c1-5-7-9-11-13-15-17-19-21-23-25-27-29-31-37(33-35(37)3)39-38(34-36(38)4)32-30-28-26-24-22-20-18-16-14-12-10-8-6-2/h35-36H,5-34H2,1-4H3. The average molecular weight is 547 g/mol. The van der Waals surface area contributed by atoms with Crippen LogP contribution in [-0.2, 0) is 4.74 Å². The smallest absolute Gasteiger partial charge is 0.0720 e. The molecule has 0 amide bonds. The lowest BCUT2D eigenvalue weighted by molar-refractivity contribution is -0.0731. The Morgan fingerprint density at radius 2 is 0.590 bits per heavy atom. The number of ether oxygens (including phenoxy) is 1. The van der Waals surface area contributed by atoms with Gasteiger partial charge in [0.1, 0.15) is 0 Å². The van der Waals surface area contributed by atoms with Crippen molar-refractivity contribution in [3.05, 3.63) is 0 Å². The van der Waals surface area contributed by atoms with Crippen molar-refractivity contribution in [3.8, 4) is 0 Å². The fourth-order valence-corrected chi connectivity index (χ4v) is 7.29. The van der Waals surface area contributed by atoms with Crippen LogP contribution < -0.4 is 0 Å². The molecule has 0 N–H and O–H groups in total. The third-order valence-electron chi connectivity index (χ3n) is 10.6. The zero-order valence-corrected chi connectivity index (χ0v) is 27.8. The van der Waals surface area contributed by atoms with E-state index in [1.165, 1.54) is 193 Å². The molecule has 2 saturated carbocycles. The molecule has 2 fully saturated rings. The highest BCUT2D eigenvalue weighted by Gasteiger charge is 2.62. The van der Waals surface area contributed by atoms with Gasteiger partial charge in [0.25, 0.3) is 0 Å². The van der Waals surface area contributed by atoms with Gasteiger partial charge in [-0.1, -0.05) is 195 Å². The Morgan fingerprint density at radius 3 is 0.795 bits per heavy atom. The molecule has 0 bridgehead atoms. The van der Waals surface area contributed by atoms with Gasteiger partial charge in [0, 0.05) is 0 Å². The third kappa shape index (κ3) is 15.7. The second-order valence-corrected chi connectivity index (χ2v) is 14.4. The highest BCUT2D eigenvalue weighted by Crippen LogP contribution is 2.60. The van der Waals surface area contributed by atoms with Gasteiger partial charge in [-0.05, 0) is 37.5 Å². The van der Waals surface area contributed by atoms with Crippen LogP contribution in [0.25, 0.3) is 0 Å². The fourth-order valence-electron chi connectivity index (χ4n) is 7.29. The first-order valence-electron chi connectivity index (χ1n) is 18.8. The molecule has 0 aromatic carbocycles. The van der Waals surface area contributed by atoms with E-state index in [1.807, 2.05) is 0 Å². The molecule has 2 rings (SSSR count). The van der Waals surface area contributed by atoms with Crippen molar-refractivity contribution in [2.24, 2.45) is 11.8 Å². The van der Waals surface area contributed by atoms with Gasteiger partial charge in [-0.3, -0.25) is 0 Å². The molecule has 0 aromatic rings. The second kappa shape index (κ2) is 21.6. The van der Waals surface area contributed by atoms with E-state index >= 15 is 0 Å². The highest BCUT2D eigenvalue weighted by atomic mass is 16.5. The van der Waals surface area contributed by atoms with Crippen molar-refractivity contribution in [2.45, 2.75) is 232 Å². The van der Waals surface area contributed by atoms with Crippen LogP contribution in [0.4, 0.5) is 0 Å². The Balaban J connectivity index is 1.43. The predicted molar refractivity (Wildman–Crippen MR) is 175 cm³/mol. The average Bonchev–Trinajstić information content (AvgIpc) is 3.78. The summed E-state index contributed by atoms with van der Waals surface area (Å²) in [6.45, 7) is 9.52. The lowest BCUT2D eigenvalue weighted by Crippen LogP contribution is -2.28. The molecule has 0 heterocycles. The van der Waals surface area contributed by atoms with Crippen LogP contribution in [-0.4, -0.2) is 11.2 Å². The summed E-state index contributed by atoms with van der Waals surface area (Å²) in [7, 11) is 0. The normalized spacial score (nSPS) is 25.8. The maximum absolute atomic E-state index is 7.09. The maximum Gasteiger partial charge on any atom is 0.0720 e. The molecule has 4 atom stereocenters. The topological polar surface area (TPSA) is 9.23 Å². The minimum atomic E-state index is 0.263. The first-order chi connectivity index (χ1) is 19.1.